The zero-order valence-electron chi connectivity index (χ0n) is 12.7. The highest BCUT2D eigenvalue weighted by molar-refractivity contribution is 5.85. The highest BCUT2D eigenvalue weighted by Crippen LogP contribution is 2.32. The summed E-state index contributed by atoms with van der Waals surface area (Å²) in [6.45, 7) is 2.59. The summed E-state index contributed by atoms with van der Waals surface area (Å²) in [5.41, 5.74) is 0.459. The molecular weight excluding hydrogens is 278 g/mol. The minimum Gasteiger partial charge on any atom is -0.380 e. The van der Waals surface area contributed by atoms with Gasteiger partial charge in [0, 0.05) is 26.2 Å². The van der Waals surface area contributed by atoms with Crippen molar-refractivity contribution in [2.24, 2.45) is 0 Å². The van der Waals surface area contributed by atoms with E-state index in [1.165, 1.54) is 0 Å². The zero-order valence-corrected chi connectivity index (χ0v) is 12.7. The van der Waals surface area contributed by atoms with Crippen LogP contribution in [0.25, 0.3) is 0 Å². The van der Waals surface area contributed by atoms with Gasteiger partial charge >= 0.3 is 0 Å². The van der Waals surface area contributed by atoms with Crippen LogP contribution >= 0.6 is 0 Å². The van der Waals surface area contributed by atoms with E-state index in [9.17, 15) is 15.2 Å². The summed E-state index contributed by atoms with van der Waals surface area (Å²) in [6, 6.07) is 9.76. The van der Waals surface area contributed by atoms with Gasteiger partial charge in [-0.1, -0.05) is 12.1 Å². The third-order valence-corrected chi connectivity index (χ3v) is 4.76. The van der Waals surface area contributed by atoms with E-state index in [1.54, 1.807) is 4.90 Å². The van der Waals surface area contributed by atoms with Gasteiger partial charge in [0.15, 0.2) is 0 Å². The van der Waals surface area contributed by atoms with E-state index in [2.05, 4.69) is 11.0 Å². The molecule has 1 amide bonds. The number of para-hydroxylation sites is 1. The standard InChI is InChI=1S/C17H21N3O2/c18-13-14-5-1-2-6-15(14)19-9-11-20(12-10-19)16(21)17(22)7-3-4-8-17/h1-2,5-6,22H,3-4,7-12H2. The van der Waals surface area contributed by atoms with E-state index in [0.717, 1.165) is 18.5 Å². The number of anilines is 1. The molecule has 1 aromatic rings. The van der Waals surface area contributed by atoms with E-state index in [1.807, 2.05) is 24.3 Å². The molecule has 1 saturated heterocycles. The molecule has 0 atom stereocenters. The Morgan fingerprint density at radius 3 is 2.41 bits per heavy atom. The Bertz CT molecular complexity index is 594. The van der Waals surface area contributed by atoms with E-state index < -0.39 is 5.60 Å². The summed E-state index contributed by atoms with van der Waals surface area (Å²) < 4.78 is 0. The third-order valence-electron chi connectivity index (χ3n) is 4.76. The molecule has 0 radical (unpaired) electrons. The number of nitrogens with zero attached hydrogens (tertiary/aromatic N) is 3. The Morgan fingerprint density at radius 1 is 1.14 bits per heavy atom. The van der Waals surface area contributed by atoms with Gasteiger partial charge in [-0.25, -0.2) is 0 Å². The number of amides is 1. The molecule has 1 heterocycles. The minimum atomic E-state index is -1.13. The van der Waals surface area contributed by atoms with E-state index >= 15 is 0 Å². The summed E-state index contributed by atoms with van der Waals surface area (Å²) in [7, 11) is 0. The van der Waals surface area contributed by atoms with Gasteiger partial charge < -0.3 is 14.9 Å². The maximum Gasteiger partial charge on any atom is 0.254 e. The van der Waals surface area contributed by atoms with Crippen LogP contribution in [-0.4, -0.2) is 47.7 Å². The van der Waals surface area contributed by atoms with Gasteiger partial charge in [-0.05, 0) is 37.8 Å². The average molecular weight is 299 g/mol. The Morgan fingerprint density at radius 2 is 1.77 bits per heavy atom. The van der Waals surface area contributed by atoms with Gasteiger partial charge in [-0.15, -0.1) is 0 Å². The van der Waals surface area contributed by atoms with Crippen LogP contribution in [0.5, 0.6) is 0 Å². The number of nitriles is 1. The number of aliphatic hydroxyl groups is 1. The second kappa shape index (κ2) is 5.98. The van der Waals surface area contributed by atoms with Crippen LogP contribution in [0.3, 0.4) is 0 Å². The summed E-state index contributed by atoms with van der Waals surface area (Å²) in [5, 5.41) is 19.6. The van der Waals surface area contributed by atoms with Gasteiger partial charge in [-0.3, -0.25) is 4.79 Å². The summed E-state index contributed by atoms with van der Waals surface area (Å²) in [4.78, 5) is 16.4. The van der Waals surface area contributed by atoms with Crippen molar-refractivity contribution in [3.05, 3.63) is 29.8 Å². The van der Waals surface area contributed by atoms with E-state index in [0.29, 0.717) is 44.6 Å². The number of hydrogen-bond acceptors (Lipinski definition) is 4. The van der Waals surface area contributed by atoms with Crippen LogP contribution in [-0.2, 0) is 4.79 Å². The zero-order chi connectivity index (χ0) is 15.6. The lowest BCUT2D eigenvalue weighted by Crippen LogP contribution is -2.55. The van der Waals surface area contributed by atoms with Crippen LogP contribution < -0.4 is 4.90 Å². The van der Waals surface area contributed by atoms with Crippen LogP contribution in [0.1, 0.15) is 31.2 Å². The molecular formula is C17H21N3O2. The molecule has 22 heavy (non-hydrogen) atoms. The van der Waals surface area contributed by atoms with Crippen molar-refractivity contribution < 1.29 is 9.90 Å². The van der Waals surface area contributed by atoms with E-state index in [4.69, 9.17) is 0 Å². The Hall–Kier alpha value is -2.06. The predicted octanol–water partition coefficient (Wildman–Crippen LogP) is 1.51. The number of piperazine rings is 1. The number of benzene rings is 1. The smallest absolute Gasteiger partial charge is 0.254 e. The topological polar surface area (TPSA) is 67.6 Å². The summed E-state index contributed by atoms with van der Waals surface area (Å²) >= 11 is 0. The van der Waals surface area contributed by atoms with Crippen molar-refractivity contribution in [2.45, 2.75) is 31.3 Å². The molecule has 0 spiro atoms. The Kier molecular flexibility index (Phi) is 4.04. The first-order valence-electron chi connectivity index (χ1n) is 7.90. The van der Waals surface area contributed by atoms with Gasteiger partial charge in [0.25, 0.3) is 5.91 Å². The van der Waals surface area contributed by atoms with E-state index in [-0.39, 0.29) is 5.91 Å². The predicted molar refractivity (Wildman–Crippen MR) is 83.4 cm³/mol. The quantitative estimate of drug-likeness (QED) is 0.899. The number of carbonyl (C=O) groups excluding carboxylic acids is 1. The fourth-order valence-electron chi connectivity index (χ4n) is 3.46. The number of carbonyl (C=O) groups is 1. The van der Waals surface area contributed by atoms with Gasteiger partial charge in [0.2, 0.25) is 0 Å². The molecule has 1 aromatic carbocycles. The van der Waals surface area contributed by atoms with Gasteiger partial charge in [-0.2, -0.15) is 5.26 Å². The maximum absolute atomic E-state index is 12.5. The largest absolute Gasteiger partial charge is 0.380 e. The summed E-state index contributed by atoms with van der Waals surface area (Å²) in [5.74, 6) is -0.113. The monoisotopic (exact) mass is 299 g/mol. The van der Waals surface area contributed by atoms with Gasteiger partial charge in [0.05, 0.1) is 11.3 Å². The first-order valence-corrected chi connectivity index (χ1v) is 7.90. The van der Waals surface area contributed by atoms with Crippen LogP contribution in [0.15, 0.2) is 24.3 Å². The lowest BCUT2D eigenvalue weighted by Gasteiger charge is -2.39. The first-order chi connectivity index (χ1) is 10.6. The van der Waals surface area contributed by atoms with Crippen molar-refractivity contribution in [1.82, 2.24) is 4.90 Å². The molecule has 2 fully saturated rings. The molecule has 5 nitrogen and oxygen atoms in total. The highest BCUT2D eigenvalue weighted by atomic mass is 16.3. The fraction of sp³-hybridized carbons (Fsp3) is 0.529. The van der Waals surface area contributed by atoms with Crippen molar-refractivity contribution >= 4 is 11.6 Å². The maximum atomic E-state index is 12.5. The second-order valence-electron chi connectivity index (χ2n) is 6.15. The molecule has 1 aliphatic carbocycles. The van der Waals surface area contributed by atoms with Crippen molar-refractivity contribution in [3.63, 3.8) is 0 Å². The van der Waals surface area contributed by atoms with Crippen molar-refractivity contribution in [1.29, 1.82) is 5.26 Å². The van der Waals surface area contributed by atoms with Gasteiger partial charge in [0.1, 0.15) is 11.7 Å². The number of hydrogen-bond donors (Lipinski definition) is 1. The lowest BCUT2D eigenvalue weighted by molar-refractivity contribution is -0.151. The second-order valence-corrected chi connectivity index (χ2v) is 6.15. The molecule has 0 unspecified atom stereocenters. The minimum absolute atomic E-state index is 0.113. The molecule has 1 saturated carbocycles. The summed E-state index contributed by atoms with van der Waals surface area (Å²) in [6.07, 6.45) is 3.03. The molecule has 116 valence electrons. The fourth-order valence-corrected chi connectivity index (χ4v) is 3.46. The molecule has 5 heteroatoms. The highest BCUT2D eigenvalue weighted by Gasteiger charge is 2.42. The normalized spacial score (nSPS) is 20.7. The molecule has 2 aliphatic rings. The lowest BCUT2D eigenvalue weighted by atomic mass is 10.00. The first kappa shape index (κ1) is 14.9. The molecule has 1 aliphatic heterocycles. The van der Waals surface area contributed by atoms with Crippen molar-refractivity contribution in [2.75, 3.05) is 31.1 Å². The third kappa shape index (κ3) is 2.67. The SMILES string of the molecule is N#Cc1ccccc1N1CCN(C(=O)C2(O)CCCC2)CC1. The van der Waals surface area contributed by atoms with Crippen molar-refractivity contribution in [3.8, 4) is 6.07 Å². The Labute approximate surface area is 130 Å². The Balaban J connectivity index is 1.65. The molecule has 3 rings (SSSR count). The van der Waals surface area contributed by atoms with Crippen LogP contribution in [0.2, 0.25) is 0 Å². The van der Waals surface area contributed by atoms with Crippen LogP contribution in [0.4, 0.5) is 5.69 Å². The average Bonchev–Trinajstić information content (AvgIpc) is 3.02. The molecule has 1 N–H and O–H groups in total. The molecule has 0 aromatic heterocycles. The van der Waals surface area contributed by atoms with Crippen LogP contribution in [0, 0.1) is 11.3 Å². The number of rotatable bonds is 2. The molecule has 0 bridgehead atoms.